The summed E-state index contributed by atoms with van der Waals surface area (Å²) in [4.78, 5) is 3.99. The Morgan fingerprint density at radius 3 is 2.93 bits per heavy atom. The molecule has 0 aliphatic rings. The lowest BCUT2D eigenvalue weighted by Gasteiger charge is -2.09. The van der Waals surface area contributed by atoms with Gasteiger partial charge in [0.1, 0.15) is 0 Å². The molecule has 0 radical (unpaired) electrons. The van der Waals surface area contributed by atoms with E-state index in [-0.39, 0.29) is 6.10 Å². The van der Waals surface area contributed by atoms with Gasteiger partial charge < -0.3 is 5.11 Å². The van der Waals surface area contributed by atoms with E-state index in [0.717, 1.165) is 31.2 Å². The Hall–Kier alpha value is -1.15. The fourth-order valence-corrected chi connectivity index (χ4v) is 1.54. The van der Waals surface area contributed by atoms with Crippen LogP contribution in [0.2, 0.25) is 0 Å². The molecule has 0 saturated heterocycles. The summed E-state index contributed by atoms with van der Waals surface area (Å²) in [6.07, 6.45) is 10.3. The van der Waals surface area contributed by atoms with Crippen molar-refractivity contribution in [3.8, 4) is 0 Å². The van der Waals surface area contributed by atoms with Crippen molar-refractivity contribution in [1.29, 1.82) is 0 Å². The summed E-state index contributed by atoms with van der Waals surface area (Å²) >= 11 is 0. The van der Waals surface area contributed by atoms with Crippen molar-refractivity contribution < 1.29 is 5.11 Å². The number of pyridine rings is 1. The van der Waals surface area contributed by atoms with Crippen LogP contribution in [0, 0.1) is 0 Å². The van der Waals surface area contributed by atoms with Gasteiger partial charge in [-0.25, -0.2) is 0 Å². The van der Waals surface area contributed by atoms with Crippen LogP contribution in [0.5, 0.6) is 0 Å². The molecule has 0 aromatic carbocycles. The number of aliphatic hydroxyl groups is 1. The maximum absolute atomic E-state index is 9.82. The zero-order chi connectivity index (χ0) is 10.9. The largest absolute Gasteiger partial charge is 0.388 e. The Labute approximate surface area is 91.7 Å². The highest BCUT2D eigenvalue weighted by molar-refractivity contribution is 5.11. The minimum atomic E-state index is -0.359. The van der Waals surface area contributed by atoms with Gasteiger partial charge in [-0.1, -0.05) is 25.0 Å². The average Bonchev–Trinajstić information content (AvgIpc) is 2.30. The molecule has 0 amide bonds. The molecule has 0 aliphatic heterocycles. The van der Waals surface area contributed by atoms with Gasteiger partial charge in [-0.05, 0) is 30.9 Å². The maximum Gasteiger partial charge on any atom is 0.0804 e. The Bertz CT molecular complexity index is 271. The number of rotatable bonds is 7. The van der Waals surface area contributed by atoms with Crippen LogP contribution in [-0.2, 0) is 0 Å². The first kappa shape index (κ1) is 11.9. The molecule has 1 heterocycles. The third-order valence-electron chi connectivity index (χ3n) is 2.45. The fraction of sp³-hybridized carbons (Fsp3) is 0.462. The molecular weight excluding hydrogens is 186 g/mol. The molecule has 82 valence electrons. The average molecular weight is 205 g/mol. The Balaban J connectivity index is 2.19. The first-order valence-corrected chi connectivity index (χ1v) is 5.53. The van der Waals surface area contributed by atoms with Gasteiger partial charge in [-0.3, -0.25) is 4.98 Å². The van der Waals surface area contributed by atoms with Crippen LogP contribution in [0.1, 0.15) is 43.8 Å². The quantitative estimate of drug-likeness (QED) is 0.547. The first-order valence-electron chi connectivity index (χ1n) is 5.53. The van der Waals surface area contributed by atoms with Crippen LogP contribution < -0.4 is 0 Å². The third-order valence-corrected chi connectivity index (χ3v) is 2.45. The Morgan fingerprint density at radius 2 is 2.27 bits per heavy atom. The van der Waals surface area contributed by atoms with E-state index in [9.17, 15) is 5.11 Å². The summed E-state index contributed by atoms with van der Waals surface area (Å²) in [5.74, 6) is 0. The molecule has 1 aromatic heterocycles. The number of aromatic nitrogens is 1. The standard InChI is InChI=1S/C13H19NO/c1-2-3-4-5-6-9-13(15)12-8-7-10-14-11-12/h2,7-8,10-11,13,15H,1,3-6,9H2. The van der Waals surface area contributed by atoms with E-state index >= 15 is 0 Å². The minimum absolute atomic E-state index is 0.359. The first-order chi connectivity index (χ1) is 7.34. The van der Waals surface area contributed by atoms with Gasteiger partial charge in [0, 0.05) is 12.4 Å². The highest BCUT2D eigenvalue weighted by Gasteiger charge is 2.05. The summed E-state index contributed by atoms with van der Waals surface area (Å²) in [7, 11) is 0. The predicted molar refractivity (Wildman–Crippen MR) is 62.5 cm³/mol. The topological polar surface area (TPSA) is 33.1 Å². The number of aliphatic hydroxyl groups excluding tert-OH is 1. The second-order valence-corrected chi connectivity index (χ2v) is 3.73. The lowest BCUT2D eigenvalue weighted by atomic mass is 10.0. The predicted octanol–water partition coefficient (Wildman–Crippen LogP) is 3.25. The van der Waals surface area contributed by atoms with E-state index in [2.05, 4.69) is 11.6 Å². The van der Waals surface area contributed by atoms with E-state index in [0.29, 0.717) is 0 Å². The molecule has 0 fully saturated rings. The highest BCUT2D eigenvalue weighted by Crippen LogP contribution is 2.18. The molecule has 2 heteroatoms. The van der Waals surface area contributed by atoms with Gasteiger partial charge in [0.05, 0.1) is 6.10 Å². The smallest absolute Gasteiger partial charge is 0.0804 e. The number of hydrogen-bond acceptors (Lipinski definition) is 2. The summed E-state index contributed by atoms with van der Waals surface area (Å²) < 4.78 is 0. The summed E-state index contributed by atoms with van der Waals surface area (Å²) in [6, 6.07) is 3.78. The van der Waals surface area contributed by atoms with Gasteiger partial charge in [0.2, 0.25) is 0 Å². The van der Waals surface area contributed by atoms with Gasteiger partial charge in [0.15, 0.2) is 0 Å². The van der Waals surface area contributed by atoms with Crippen molar-refractivity contribution in [2.45, 2.75) is 38.2 Å². The summed E-state index contributed by atoms with van der Waals surface area (Å²) in [5, 5.41) is 9.82. The molecule has 0 bridgehead atoms. The van der Waals surface area contributed by atoms with Gasteiger partial charge >= 0.3 is 0 Å². The van der Waals surface area contributed by atoms with Crippen molar-refractivity contribution in [3.05, 3.63) is 42.7 Å². The molecule has 2 nitrogen and oxygen atoms in total. The lowest BCUT2D eigenvalue weighted by Crippen LogP contribution is -1.97. The minimum Gasteiger partial charge on any atom is -0.388 e. The van der Waals surface area contributed by atoms with E-state index in [1.54, 1.807) is 12.4 Å². The summed E-state index contributed by atoms with van der Waals surface area (Å²) in [6.45, 7) is 3.68. The van der Waals surface area contributed by atoms with E-state index in [1.807, 2.05) is 18.2 Å². The monoisotopic (exact) mass is 205 g/mol. The van der Waals surface area contributed by atoms with Gasteiger partial charge in [0.25, 0.3) is 0 Å². The second-order valence-electron chi connectivity index (χ2n) is 3.73. The molecule has 1 rings (SSSR count). The van der Waals surface area contributed by atoms with Crippen molar-refractivity contribution in [2.75, 3.05) is 0 Å². The summed E-state index contributed by atoms with van der Waals surface area (Å²) in [5.41, 5.74) is 0.918. The molecular formula is C13H19NO. The van der Waals surface area contributed by atoms with Crippen molar-refractivity contribution >= 4 is 0 Å². The van der Waals surface area contributed by atoms with Crippen molar-refractivity contribution in [2.24, 2.45) is 0 Å². The Morgan fingerprint density at radius 1 is 1.40 bits per heavy atom. The van der Waals surface area contributed by atoms with Gasteiger partial charge in [-0.15, -0.1) is 6.58 Å². The number of unbranched alkanes of at least 4 members (excludes halogenated alkanes) is 3. The number of nitrogens with zero attached hydrogens (tertiary/aromatic N) is 1. The second kappa shape index (κ2) is 7.18. The van der Waals surface area contributed by atoms with Crippen LogP contribution >= 0.6 is 0 Å². The van der Waals surface area contributed by atoms with E-state index < -0.39 is 0 Å². The SMILES string of the molecule is C=CCCCCCC(O)c1cccnc1. The molecule has 1 N–H and O–H groups in total. The van der Waals surface area contributed by atoms with Crippen LogP contribution in [-0.4, -0.2) is 10.1 Å². The van der Waals surface area contributed by atoms with Crippen molar-refractivity contribution in [1.82, 2.24) is 4.98 Å². The van der Waals surface area contributed by atoms with Crippen molar-refractivity contribution in [3.63, 3.8) is 0 Å². The molecule has 0 aliphatic carbocycles. The molecule has 0 spiro atoms. The molecule has 1 atom stereocenters. The zero-order valence-corrected chi connectivity index (χ0v) is 9.10. The van der Waals surface area contributed by atoms with Gasteiger partial charge in [-0.2, -0.15) is 0 Å². The zero-order valence-electron chi connectivity index (χ0n) is 9.10. The number of allylic oxidation sites excluding steroid dienone is 1. The van der Waals surface area contributed by atoms with Crippen LogP contribution in [0.25, 0.3) is 0 Å². The van der Waals surface area contributed by atoms with Crippen LogP contribution in [0.3, 0.4) is 0 Å². The van der Waals surface area contributed by atoms with E-state index in [1.165, 1.54) is 6.42 Å². The molecule has 1 unspecified atom stereocenters. The third kappa shape index (κ3) is 4.75. The molecule has 0 saturated carbocycles. The van der Waals surface area contributed by atoms with E-state index in [4.69, 9.17) is 0 Å². The van der Waals surface area contributed by atoms with Crippen LogP contribution in [0.4, 0.5) is 0 Å². The molecule has 1 aromatic rings. The number of hydrogen-bond donors (Lipinski definition) is 1. The van der Waals surface area contributed by atoms with Crippen LogP contribution in [0.15, 0.2) is 37.2 Å². The fourth-order valence-electron chi connectivity index (χ4n) is 1.54. The maximum atomic E-state index is 9.82. The molecule has 15 heavy (non-hydrogen) atoms. The lowest BCUT2D eigenvalue weighted by molar-refractivity contribution is 0.163. The highest BCUT2D eigenvalue weighted by atomic mass is 16.3. The Kier molecular flexibility index (Phi) is 5.71. The normalized spacial score (nSPS) is 12.3.